The molecule has 0 spiro atoms. The Hall–Kier alpha value is -1.31. The number of amides is 1. The van der Waals surface area contributed by atoms with Crippen LogP contribution in [0.5, 0.6) is 0 Å². The number of unbranched alkanes of at least 4 members (excludes halogenated alkanes) is 1. The molecule has 0 bridgehead atoms. The Kier molecular flexibility index (Phi) is 4.88. The lowest BCUT2D eigenvalue weighted by Gasteiger charge is -2.06. The van der Waals surface area contributed by atoms with Crippen molar-refractivity contribution in [3.8, 4) is 0 Å². The third kappa shape index (κ3) is 4.15. The van der Waals surface area contributed by atoms with Crippen molar-refractivity contribution in [3.05, 3.63) is 35.4 Å². The normalized spacial score (nSPS) is 10.0. The van der Waals surface area contributed by atoms with Crippen LogP contribution in [-0.4, -0.2) is 12.5 Å². The van der Waals surface area contributed by atoms with Gasteiger partial charge in [-0.2, -0.15) is 0 Å². The standard InChI is InChI=1S/C13H19NO/c1-3-4-9-14-13(15)10-12-8-6-5-7-11(12)2/h5-8H,3-4,9-10H2,1-2H3,(H,14,15). The predicted octanol–water partition coefficient (Wildman–Crippen LogP) is 2.45. The second-order valence-electron chi connectivity index (χ2n) is 3.81. The number of aryl methyl sites for hydroxylation is 1. The molecule has 1 aromatic rings. The number of carbonyl (C=O) groups excluding carboxylic acids is 1. The molecule has 1 rings (SSSR count). The molecule has 1 aromatic carbocycles. The van der Waals surface area contributed by atoms with Crippen LogP contribution in [0.3, 0.4) is 0 Å². The van der Waals surface area contributed by atoms with Gasteiger partial charge in [-0.3, -0.25) is 4.79 Å². The topological polar surface area (TPSA) is 29.1 Å². The molecule has 82 valence electrons. The highest BCUT2D eigenvalue weighted by Gasteiger charge is 2.03. The highest BCUT2D eigenvalue weighted by Crippen LogP contribution is 2.07. The van der Waals surface area contributed by atoms with Crippen molar-refractivity contribution in [2.75, 3.05) is 6.54 Å². The Bertz CT molecular complexity index is 320. The van der Waals surface area contributed by atoms with Gasteiger partial charge in [-0.15, -0.1) is 0 Å². The number of nitrogens with one attached hydrogen (secondary N) is 1. The van der Waals surface area contributed by atoms with E-state index in [1.807, 2.05) is 31.2 Å². The molecule has 0 saturated carbocycles. The van der Waals surface area contributed by atoms with Crippen molar-refractivity contribution >= 4 is 5.91 Å². The molecule has 0 aliphatic heterocycles. The molecule has 0 aromatic heterocycles. The summed E-state index contributed by atoms with van der Waals surface area (Å²) in [6.07, 6.45) is 2.67. The Morgan fingerprint density at radius 1 is 1.33 bits per heavy atom. The van der Waals surface area contributed by atoms with E-state index >= 15 is 0 Å². The first-order chi connectivity index (χ1) is 7.24. The summed E-state index contributed by atoms with van der Waals surface area (Å²) in [7, 11) is 0. The van der Waals surface area contributed by atoms with Gasteiger partial charge in [0.25, 0.3) is 0 Å². The van der Waals surface area contributed by atoms with E-state index in [1.165, 1.54) is 5.56 Å². The zero-order valence-corrected chi connectivity index (χ0v) is 9.55. The monoisotopic (exact) mass is 205 g/mol. The third-order valence-corrected chi connectivity index (χ3v) is 2.46. The number of hydrogen-bond donors (Lipinski definition) is 1. The van der Waals surface area contributed by atoms with E-state index in [0.29, 0.717) is 6.42 Å². The maximum atomic E-state index is 11.5. The summed E-state index contributed by atoms with van der Waals surface area (Å²) in [5.74, 6) is 0.123. The molecule has 2 nitrogen and oxygen atoms in total. The molecular weight excluding hydrogens is 186 g/mol. The lowest BCUT2D eigenvalue weighted by atomic mass is 10.1. The van der Waals surface area contributed by atoms with Gasteiger partial charge in [0.15, 0.2) is 0 Å². The molecule has 0 aliphatic carbocycles. The first-order valence-corrected chi connectivity index (χ1v) is 5.55. The summed E-state index contributed by atoms with van der Waals surface area (Å²) in [4.78, 5) is 11.5. The van der Waals surface area contributed by atoms with Crippen LogP contribution >= 0.6 is 0 Å². The lowest BCUT2D eigenvalue weighted by Crippen LogP contribution is -2.26. The molecule has 1 amide bonds. The molecule has 0 aliphatic rings. The summed E-state index contributed by atoms with van der Waals surface area (Å²) in [6, 6.07) is 8.01. The van der Waals surface area contributed by atoms with Crippen molar-refractivity contribution in [2.24, 2.45) is 0 Å². The first kappa shape index (κ1) is 11.8. The van der Waals surface area contributed by atoms with Gasteiger partial charge in [-0.05, 0) is 24.5 Å². The first-order valence-electron chi connectivity index (χ1n) is 5.55. The SMILES string of the molecule is CCCCNC(=O)Cc1ccccc1C. The van der Waals surface area contributed by atoms with E-state index in [0.717, 1.165) is 24.9 Å². The Balaban J connectivity index is 2.41. The number of rotatable bonds is 5. The van der Waals surface area contributed by atoms with Crippen LogP contribution in [0.15, 0.2) is 24.3 Å². The summed E-state index contributed by atoms with van der Waals surface area (Å²) in [5, 5.41) is 2.92. The van der Waals surface area contributed by atoms with Crippen molar-refractivity contribution in [3.63, 3.8) is 0 Å². The van der Waals surface area contributed by atoms with Crippen LogP contribution in [-0.2, 0) is 11.2 Å². The Morgan fingerprint density at radius 3 is 2.73 bits per heavy atom. The molecule has 0 saturated heterocycles. The van der Waals surface area contributed by atoms with E-state index in [-0.39, 0.29) is 5.91 Å². The average molecular weight is 205 g/mol. The van der Waals surface area contributed by atoms with Crippen LogP contribution in [0.1, 0.15) is 30.9 Å². The summed E-state index contributed by atoms with van der Waals surface area (Å²) in [6.45, 7) is 4.95. The Labute approximate surface area is 91.7 Å². The van der Waals surface area contributed by atoms with Crippen LogP contribution in [0.4, 0.5) is 0 Å². The summed E-state index contributed by atoms with van der Waals surface area (Å²) < 4.78 is 0. The fraction of sp³-hybridized carbons (Fsp3) is 0.462. The summed E-state index contributed by atoms with van der Waals surface area (Å²) in [5.41, 5.74) is 2.30. The molecule has 0 unspecified atom stereocenters. The molecule has 0 radical (unpaired) electrons. The largest absolute Gasteiger partial charge is 0.356 e. The van der Waals surface area contributed by atoms with Crippen LogP contribution in [0.2, 0.25) is 0 Å². The van der Waals surface area contributed by atoms with Crippen molar-refractivity contribution in [1.29, 1.82) is 0 Å². The van der Waals surface area contributed by atoms with Crippen LogP contribution < -0.4 is 5.32 Å². The molecule has 0 fully saturated rings. The molecular formula is C13H19NO. The van der Waals surface area contributed by atoms with Gasteiger partial charge in [0, 0.05) is 6.54 Å². The third-order valence-electron chi connectivity index (χ3n) is 2.46. The second-order valence-corrected chi connectivity index (χ2v) is 3.81. The van der Waals surface area contributed by atoms with Crippen molar-refractivity contribution in [1.82, 2.24) is 5.32 Å². The minimum atomic E-state index is 0.123. The van der Waals surface area contributed by atoms with Crippen LogP contribution in [0.25, 0.3) is 0 Å². The zero-order valence-electron chi connectivity index (χ0n) is 9.55. The molecule has 0 atom stereocenters. The van der Waals surface area contributed by atoms with E-state index < -0.39 is 0 Å². The van der Waals surface area contributed by atoms with Crippen LogP contribution in [0, 0.1) is 6.92 Å². The van der Waals surface area contributed by atoms with Crippen molar-refractivity contribution in [2.45, 2.75) is 33.1 Å². The fourth-order valence-electron chi connectivity index (χ4n) is 1.45. The van der Waals surface area contributed by atoms with Gasteiger partial charge in [-0.1, -0.05) is 37.6 Å². The fourth-order valence-corrected chi connectivity index (χ4v) is 1.45. The lowest BCUT2D eigenvalue weighted by molar-refractivity contribution is -0.120. The van der Waals surface area contributed by atoms with E-state index in [1.54, 1.807) is 0 Å². The van der Waals surface area contributed by atoms with Crippen molar-refractivity contribution < 1.29 is 4.79 Å². The maximum Gasteiger partial charge on any atom is 0.224 e. The van der Waals surface area contributed by atoms with E-state index in [4.69, 9.17) is 0 Å². The quantitative estimate of drug-likeness (QED) is 0.735. The molecule has 1 N–H and O–H groups in total. The minimum absolute atomic E-state index is 0.123. The predicted molar refractivity (Wildman–Crippen MR) is 62.8 cm³/mol. The molecule has 0 heterocycles. The Morgan fingerprint density at radius 2 is 2.07 bits per heavy atom. The van der Waals surface area contributed by atoms with Gasteiger partial charge < -0.3 is 5.32 Å². The van der Waals surface area contributed by atoms with E-state index in [9.17, 15) is 4.79 Å². The van der Waals surface area contributed by atoms with Gasteiger partial charge in [-0.25, -0.2) is 0 Å². The molecule has 2 heteroatoms. The maximum absolute atomic E-state index is 11.5. The van der Waals surface area contributed by atoms with Gasteiger partial charge in [0.1, 0.15) is 0 Å². The average Bonchev–Trinajstić information content (AvgIpc) is 2.22. The zero-order chi connectivity index (χ0) is 11.1. The van der Waals surface area contributed by atoms with E-state index in [2.05, 4.69) is 12.2 Å². The summed E-state index contributed by atoms with van der Waals surface area (Å²) >= 11 is 0. The minimum Gasteiger partial charge on any atom is -0.356 e. The van der Waals surface area contributed by atoms with Gasteiger partial charge >= 0.3 is 0 Å². The van der Waals surface area contributed by atoms with Gasteiger partial charge in [0.05, 0.1) is 6.42 Å². The number of benzene rings is 1. The number of hydrogen-bond acceptors (Lipinski definition) is 1. The smallest absolute Gasteiger partial charge is 0.224 e. The van der Waals surface area contributed by atoms with Gasteiger partial charge in [0.2, 0.25) is 5.91 Å². The second kappa shape index (κ2) is 6.23. The highest BCUT2D eigenvalue weighted by molar-refractivity contribution is 5.78. The molecule has 15 heavy (non-hydrogen) atoms. The highest BCUT2D eigenvalue weighted by atomic mass is 16.1. The number of carbonyl (C=O) groups is 1.